The molecule has 1 aromatic rings. The predicted molar refractivity (Wildman–Crippen MR) is 113 cm³/mol. The van der Waals surface area contributed by atoms with E-state index in [9.17, 15) is 22.8 Å². The molecule has 11 nitrogen and oxygen atoms in total. The van der Waals surface area contributed by atoms with Gasteiger partial charge < -0.3 is 13.7 Å². The van der Waals surface area contributed by atoms with Gasteiger partial charge in [-0.15, -0.1) is 0 Å². The van der Waals surface area contributed by atoms with Crippen molar-refractivity contribution in [3.8, 4) is 5.75 Å². The zero-order valence-corrected chi connectivity index (χ0v) is 19.9. The van der Waals surface area contributed by atoms with Crippen molar-refractivity contribution >= 4 is 22.2 Å². The molecule has 1 fully saturated rings. The SMILES string of the molecule is COC(=O)c1nc2n(c(=O)c1OS(C)(=O)=O)CC1CCC2(N(C)C(=O)OC(C)(C)C)CC1. The first-order chi connectivity index (χ1) is 14.7. The predicted octanol–water partition coefficient (Wildman–Crippen LogP) is 1.63. The molecule has 0 N–H and O–H groups in total. The monoisotopic (exact) mass is 471 g/mol. The fourth-order valence-corrected chi connectivity index (χ4v) is 4.79. The highest BCUT2D eigenvalue weighted by Crippen LogP contribution is 2.46. The second-order valence-electron chi connectivity index (χ2n) is 9.32. The van der Waals surface area contributed by atoms with Gasteiger partial charge in [0.15, 0.2) is 5.69 Å². The topological polar surface area (TPSA) is 134 Å². The van der Waals surface area contributed by atoms with E-state index in [2.05, 4.69) is 4.98 Å². The lowest BCUT2D eigenvalue weighted by molar-refractivity contribution is -0.00931. The van der Waals surface area contributed by atoms with E-state index in [1.54, 1.807) is 27.8 Å². The van der Waals surface area contributed by atoms with E-state index in [1.165, 1.54) is 9.47 Å². The fourth-order valence-electron chi connectivity index (χ4n) is 4.33. The summed E-state index contributed by atoms with van der Waals surface area (Å²) in [7, 11) is -1.45. The number of aromatic nitrogens is 2. The second kappa shape index (κ2) is 8.05. The van der Waals surface area contributed by atoms with Crippen LogP contribution < -0.4 is 9.74 Å². The van der Waals surface area contributed by atoms with E-state index in [0.29, 0.717) is 25.7 Å². The molecule has 1 aliphatic carbocycles. The highest BCUT2D eigenvalue weighted by molar-refractivity contribution is 7.86. The Balaban J connectivity index is 2.26. The van der Waals surface area contributed by atoms with E-state index >= 15 is 0 Å². The summed E-state index contributed by atoms with van der Waals surface area (Å²) in [5, 5.41) is 0. The Kier molecular flexibility index (Phi) is 6.05. The van der Waals surface area contributed by atoms with Gasteiger partial charge in [0.2, 0.25) is 5.75 Å². The molecule has 32 heavy (non-hydrogen) atoms. The van der Waals surface area contributed by atoms with Gasteiger partial charge in [-0.3, -0.25) is 14.3 Å². The first kappa shape index (κ1) is 24.0. The van der Waals surface area contributed by atoms with E-state index in [4.69, 9.17) is 13.7 Å². The average Bonchev–Trinajstić information content (AvgIpc) is 2.94. The Morgan fingerprint density at radius 2 is 1.81 bits per heavy atom. The highest BCUT2D eigenvalue weighted by Gasteiger charge is 2.50. The molecule has 0 aromatic carbocycles. The van der Waals surface area contributed by atoms with Crippen molar-refractivity contribution in [2.24, 2.45) is 5.92 Å². The van der Waals surface area contributed by atoms with Crippen molar-refractivity contribution in [2.45, 2.75) is 64.1 Å². The van der Waals surface area contributed by atoms with Crippen LogP contribution in [-0.2, 0) is 31.7 Å². The van der Waals surface area contributed by atoms with Crippen LogP contribution in [0.15, 0.2) is 4.79 Å². The lowest BCUT2D eigenvalue weighted by Gasteiger charge is -2.43. The van der Waals surface area contributed by atoms with Crippen molar-refractivity contribution in [3.05, 3.63) is 21.9 Å². The average molecular weight is 472 g/mol. The highest BCUT2D eigenvalue weighted by atomic mass is 32.2. The molecule has 3 aliphatic rings. The Hall–Kier alpha value is -2.63. The molecular formula is C20H29N3O8S. The van der Waals surface area contributed by atoms with Crippen molar-refractivity contribution in [3.63, 3.8) is 0 Å². The molecule has 0 atom stereocenters. The van der Waals surface area contributed by atoms with Gasteiger partial charge in [-0.2, -0.15) is 8.42 Å². The van der Waals surface area contributed by atoms with Crippen LogP contribution in [0.1, 0.15) is 62.8 Å². The molecule has 3 heterocycles. The molecule has 1 saturated carbocycles. The minimum Gasteiger partial charge on any atom is -0.464 e. The van der Waals surface area contributed by atoms with Gasteiger partial charge in [0.25, 0.3) is 5.56 Å². The maximum absolute atomic E-state index is 13.4. The molecule has 0 saturated heterocycles. The van der Waals surface area contributed by atoms with Crippen LogP contribution in [0.2, 0.25) is 0 Å². The minimum absolute atomic E-state index is 0.131. The van der Waals surface area contributed by atoms with Crippen molar-refractivity contribution in [1.82, 2.24) is 14.5 Å². The zero-order chi connectivity index (χ0) is 24.1. The Bertz CT molecular complexity index is 1100. The normalized spacial score (nSPS) is 22.5. The van der Waals surface area contributed by atoms with Crippen LogP contribution in [0, 0.1) is 5.92 Å². The van der Waals surface area contributed by atoms with Crippen LogP contribution in [0.4, 0.5) is 4.79 Å². The van der Waals surface area contributed by atoms with Gasteiger partial charge in [-0.1, -0.05) is 0 Å². The molecule has 1 aromatic heterocycles. The first-order valence-electron chi connectivity index (χ1n) is 10.3. The van der Waals surface area contributed by atoms with E-state index in [1.807, 2.05) is 0 Å². The molecule has 2 aliphatic heterocycles. The summed E-state index contributed by atoms with van der Waals surface area (Å²) < 4.78 is 40.0. The number of carbonyl (C=O) groups excluding carboxylic acids is 2. The molecule has 0 spiro atoms. The summed E-state index contributed by atoms with van der Waals surface area (Å²) in [6, 6.07) is 0. The molecule has 4 rings (SSSR count). The van der Waals surface area contributed by atoms with E-state index < -0.39 is 50.3 Å². The van der Waals surface area contributed by atoms with Crippen LogP contribution in [-0.4, -0.2) is 60.9 Å². The fraction of sp³-hybridized carbons (Fsp3) is 0.700. The number of nitrogens with zero attached hydrogens (tertiary/aromatic N) is 3. The van der Waals surface area contributed by atoms with Gasteiger partial charge >= 0.3 is 22.2 Å². The lowest BCUT2D eigenvalue weighted by atomic mass is 9.76. The van der Waals surface area contributed by atoms with E-state index in [0.717, 1.165) is 13.4 Å². The summed E-state index contributed by atoms with van der Waals surface area (Å²) in [6.07, 6.45) is 2.62. The third kappa shape index (κ3) is 4.45. The summed E-state index contributed by atoms with van der Waals surface area (Å²) in [5.41, 5.74) is -3.10. The summed E-state index contributed by atoms with van der Waals surface area (Å²) >= 11 is 0. The number of hydrogen-bond donors (Lipinski definition) is 0. The molecule has 178 valence electrons. The van der Waals surface area contributed by atoms with Crippen LogP contribution in [0.3, 0.4) is 0 Å². The number of rotatable bonds is 4. The number of esters is 1. The summed E-state index contributed by atoms with van der Waals surface area (Å²) in [4.78, 5) is 44.6. The molecule has 12 heteroatoms. The third-order valence-electron chi connectivity index (χ3n) is 5.84. The minimum atomic E-state index is -4.12. The number of ether oxygens (including phenoxy) is 2. The van der Waals surface area contributed by atoms with Crippen LogP contribution in [0.5, 0.6) is 5.75 Å². The maximum Gasteiger partial charge on any atom is 0.410 e. The smallest absolute Gasteiger partial charge is 0.410 e. The maximum atomic E-state index is 13.4. The van der Waals surface area contributed by atoms with Gasteiger partial charge in [-0.25, -0.2) is 14.6 Å². The molecular weight excluding hydrogens is 442 g/mol. The molecule has 2 bridgehead atoms. The quantitative estimate of drug-likeness (QED) is 0.474. The second-order valence-corrected chi connectivity index (χ2v) is 10.9. The number of hydrogen-bond acceptors (Lipinski definition) is 9. The Morgan fingerprint density at radius 3 is 2.31 bits per heavy atom. The molecule has 0 unspecified atom stereocenters. The summed E-state index contributed by atoms with van der Waals surface area (Å²) in [5.74, 6) is -1.40. The standard InChI is InChI=1S/C20H29N3O8S/c1-19(2,3)30-18(26)22(4)20-9-7-12(8-10-20)11-23-15(24)14(31-32(6,27)28)13(16(25)29-5)21-17(20)23/h12H,7-11H2,1-6H3. The number of fused-ring (bicyclic) bond motifs is 2. The van der Waals surface area contributed by atoms with Crippen molar-refractivity contribution in [2.75, 3.05) is 20.4 Å². The zero-order valence-electron chi connectivity index (χ0n) is 19.1. The van der Waals surface area contributed by atoms with Gasteiger partial charge in [0, 0.05) is 13.6 Å². The third-order valence-corrected chi connectivity index (χ3v) is 6.31. The Morgan fingerprint density at radius 1 is 1.22 bits per heavy atom. The number of amides is 1. The van der Waals surface area contributed by atoms with Crippen molar-refractivity contribution < 1.29 is 31.7 Å². The van der Waals surface area contributed by atoms with Gasteiger partial charge in [0.1, 0.15) is 17.0 Å². The van der Waals surface area contributed by atoms with Gasteiger partial charge in [0.05, 0.1) is 13.4 Å². The first-order valence-corrected chi connectivity index (χ1v) is 12.1. The largest absolute Gasteiger partial charge is 0.464 e. The van der Waals surface area contributed by atoms with Crippen LogP contribution >= 0.6 is 0 Å². The van der Waals surface area contributed by atoms with Crippen LogP contribution in [0.25, 0.3) is 0 Å². The molecule has 1 amide bonds. The number of methoxy groups -OCH3 is 1. The van der Waals surface area contributed by atoms with Gasteiger partial charge in [-0.05, 0) is 52.4 Å². The summed E-state index contributed by atoms with van der Waals surface area (Å²) in [6.45, 7) is 5.52. The van der Waals surface area contributed by atoms with E-state index in [-0.39, 0.29) is 18.3 Å². The number of carbonyl (C=O) groups is 2. The Labute approximate surface area is 186 Å². The lowest BCUT2D eigenvalue weighted by Crippen LogP contribution is -2.52. The van der Waals surface area contributed by atoms with Crippen molar-refractivity contribution in [1.29, 1.82) is 0 Å². The molecule has 0 radical (unpaired) electrons.